The van der Waals surface area contributed by atoms with E-state index >= 15 is 0 Å². The van der Waals surface area contributed by atoms with Crippen LogP contribution in [0.4, 0.5) is 5.82 Å². The van der Waals surface area contributed by atoms with E-state index in [0.29, 0.717) is 6.54 Å². The molecule has 92 valence electrons. The highest BCUT2D eigenvalue weighted by Crippen LogP contribution is 2.16. The second kappa shape index (κ2) is 6.05. The fourth-order valence-electron chi connectivity index (χ4n) is 1.17. The first kappa shape index (κ1) is 13.2. The quantitative estimate of drug-likeness (QED) is 0.684. The van der Waals surface area contributed by atoms with Gasteiger partial charge in [-0.2, -0.15) is 0 Å². The summed E-state index contributed by atoms with van der Waals surface area (Å²) in [5.41, 5.74) is -0.0290. The summed E-state index contributed by atoms with van der Waals surface area (Å²) in [4.78, 5) is 25.9. The van der Waals surface area contributed by atoms with Crippen LogP contribution in [-0.2, 0) is 4.79 Å². The molecule has 0 aliphatic carbocycles. The van der Waals surface area contributed by atoms with Crippen molar-refractivity contribution in [2.75, 3.05) is 18.4 Å². The maximum Gasteiger partial charge on any atom is 0.339 e. The van der Waals surface area contributed by atoms with Crippen LogP contribution < -0.4 is 10.6 Å². The van der Waals surface area contributed by atoms with Crippen molar-refractivity contribution < 1.29 is 14.7 Å². The van der Waals surface area contributed by atoms with Crippen LogP contribution in [0.25, 0.3) is 0 Å². The third-order valence-electron chi connectivity index (χ3n) is 1.88. The number of hydrogen-bond donors (Lipinski definition) is 3. The molecule has 0 unspecified atom stereocenters. The third kappa shape index (κ3) is 3.92. The molecule has 0 saturated heterocycles. The lowest BCUT2D eigenvalue weighted by Gasteiger charge is -2.08. The minimum absolute atomic E-state index is 0.0290. The van der Waals surface area contributed by atoms with E-state index in [2.05, 4.69) is 15.6 Å². The summed E-state index contributed by atoms with van der Waals surface area (Å²) in [6.45, 7) is 2.24. The minimum atomic E-state index is -1.13. The lowest BCUT2D eigenvalue weighted by atomic mass is 10.2. The number of aromatic nitrogens is 1. The largest absolute Gasteiger partial charge is 0.478 e. The van der Waals surface area contributed by atoms with E-state index in [-0.39, 0.29) is 29.0 Å². The van der Waals surface area contributed by atoms with Crippen molar-refractivity contribution >= 4 is 29.3 Å². The zero-order chi connectivity index (χ0) is 12.8. The molecule has 0 aliphatic rings. The van der Waals surface area contributed by atoms with Gasteiger partial charge in [-0.1, -0.05) is 11.6 Å². The predicted octanol–water partition coefficient (Wildman–Crippen LogP) is 0.981. The molecule has 1 aromatic rings. The number of carbonyl (C=O) groups is 2. The molecule has 0 radical (unpaired) electrons. The number of halogens is 1. The first-order valence-corrected chi connectivity index (χ1v) is 5.32. The number of hydrogen-bond acceptors (Lipinski definition) is 4. The van der Waals surface area contributed by atoms with Crippen molar-refractivity contribution in [3.63, 3.8) is 0 Å². The smallest absolute Gasteiger partial charge is 0.339 e. The van der Waals surface area contributed by atoms with Crippen LogP contribution in [0.3, 0.4) is 0 Å². The minimum Gasteiger partial charge on any atom is -0.478 e. The molecule has 0 atom stereocenters. The SMILES string of the molecule is CCNC(=O)CNc1nc(Cl)ccc1C(=O)O. The van der Waals surface area contributed by atoms with Crippen LogP contribution in [0.5, 0.6) is 0 Å². The van der Waals surface area contributed by atoms with Gasteiger partial charge >= 0.3 is 5.97 Å². The summed E-state index contributed by atoms with van der Waals surface area (Å²) in [5.74, 6) is -1.30. The van der Waals surface area contributed by atoms with Gasteiger partial charge in [-0.3, -0.25) is 4.79 Å². The highest BCUT2D eigenvalue weighted by molar-refractivity contribution is 6.29. The number of aromatic carboxylic acids is 1. The normalized spacial score (nSPS) is 9.76. The molecule has 17 heavy (non-hydrogen) atoms. The number of anilines is 1. The summed E-state index contributed by atoms with van der Waals surface area (Å²) < 4.78 is 0. The molecule has 1 rings (SSSR count). The van der Waals surface area contributed by atoms with Gasteiger partial charge < -0.3 is 15.7 Å². The van der Waals surface area contributed by atoms with Crippen molar-refractivity contribution in [2.45, 2.75) is 6.92 Å². The van der Waals surface area contributed by atoms with Crippen LogP contribution >= 0.6 is 11.6 Å². The Labute approximate surface area is 103 Å². The molecular formula is C10H12ClN3O3. The van der Waals surface area contributed by atoms with Crippen molar-refractivity contribution in [2.24, 2.45) is 0 Å². The second-order valence-electron chi connectivity index (χ2n) is 3.14. The van der Waals surface area contributed by atoms with Crippen LogP contribution in [0.15, 0.2) is 12.1 Å². The van der Waals surface area contributed by atoms with Gasteiger partial charge in [0.15, 0.2) is 0 Å². The maximum atomic E-state index is 11.2. The number of amides is 1. The van der Waals surface area contributed by atoms with E-state index in [1.54, 1.807) is 6.92 Å². The average molecular weight is 258 g/mol. The van der Waals surface area contributed by atoms with Gasteiger partial charge in [0.1, 0.15) is 16.5 Å². The molecule has 1 aromatic heterocycles. The van der Waals surface area contributed by atoms with Crippen molar-refractivity contribution in [3.05, 3.63) is 22.8 Å². The number of carboxylic acid groups (broad SMARTS) is 1. The molecule has 1 amide bonds. The van der Waals surface area contributed by atoms with Crippen molar-refractivity contribution in [1.82, 2.24) is 10.3 Å². The Morgan fingerprint density at radius 3 is 2.76 bits per heavy atom. The standard InChI is InChI=1S/C10H12ClN3O3/c1-2-12-8(15)5-13-9-6(10(16)17)3-4-7(11)14-9/h3-4H,2,5H2,1H3,(H,12,15)(H,13,14)(H,16,17). The summed E-state index contributed by atoms with van der Waals surface area (Å²) in [5, 5.41) is 14.3. The number of likely N-dealkylation sites (N-methyl/N-ethyl adjacent to an activating group) is 1. The van der Waals surface area contributed by atoms with E-state index in [1.165, 1.54) is 12.1 Å². The molecule has 0 aromatic carbocycles. The molecule has 7 heteroatoms. The highest BCUT2D eigenvalue weighted by Gasteiger charge is 2.12. The van der Waals surface area contributed by atoms with Crippen LogP contribution in [0, 0.1) is 0 Å². The van der Waals surface area contributed by atoms with Gasteiger partial charge in [0.05, 0.1) is 6.54 Å². The zero-order valence-electron chi connectivity index (χ0n) is 9.16. The molecule has 1 heterocycles. The number of rotatable bonds is 5. The molecule has 6 nitrogen and oxygen atoms in total. The monoisotopic (exact) mass is 257 g/mol. The lowest BCUT2D eigenvalue weighted by molar-refractivity contribution is -0.119. The number of pyridine rings is 1. The molecule has 3 N–H and O–H groups in total. The molecule has 0 spiro atoms. The molecule has 0 bridgehead atoms. The van der Waals surface area contributed by atoms with Gasteiger partial charge in [0, 0.05) is 6.54 Å². The number of nitrogens with zero attached hydrogens (tertiary/aromatic N) is 1. The number of carboxylic acids is 1. The van der Waals surface area contributed by atoms with Crippen molar-refractivity contribution in [1.29, 1.82) is 0 Å². The van der Waals surface area contributed by atoms with Crippen molar-refractivity contribution in [3.8, 4) is 0 Å². The van der Waals surface area contributed by atoms with E-state index in [4.69, 9.17) is 16.7 Å². The van der Waals surface area contributed by atoms with Gasteiger partial charge in [0.25, 0.3) is 0 Å². The van der Waals surface area contributed by atoms with Gasteiger partial charge in [-0.15, -0.1) is 0 Å². The van der Waals surface area contributed by atoms with Crippen LogP contribution in [0.2, 0.25) is 5.15 Å². The van der Waals surface area contributed by atoms with E-state index in [0.717, 1.165) is 0 Å². The first-order chi connectivity index (χ1) is 8.04. The Hall–Kier alpha value is -1.82. The predicted molar refractivity (Wildman–Crippen MR) is 63.4 cm³/mol. The Bertz CT molecular complexity index is 437. The average Bonchev–Trinajstić information content (AvgIpc) is 2.26. The zero-order valence-corrected chi connectivity index (χ0v) is 9.91. The fourth-order valence-corrected chi connectivity index (χ4v) is 1.31. The van der Waals surface area contributed by atoms with Gasteiger partial charge in [-0.25, -0.2) is 9.78 Å². The summed E-state index contributed by atoms with van der Waals surface area (Å²) in [6.07, 6.45) is 0. The lowest BCUT2D eigenvalue weighted by Crippen LogP contribution is -2.30. The topological polar surface area (TPSA) is 91.3 Å². The molecule has 0 saturated carbocycles. The Kier molecular flexibility index (Phi) is 4.71. The van der Waals surface area contributed by atoms with Crippen LogP contribution in [0.1, 0.15) is 17.3 Å². The summed E-state index contributed by atoms with van der Waals surface area (Å²) in [7, 11) is 0. The summed E-state index contributed by atoms with van der Waals surface area (Å²) in [6, 6.07) is 2.71. The molecule has 0 aliphatic heterocycles. The maximum absolute atomic E-state index is 11.2. The van der Waals surface area contributed by atoms with E-state index < -0.39 is 5.97 Å². The fraction of sp³-hybridized carbons (Fsp3) is 0.300. The van der Waals surface area contributed by atoms with E-state index in [1.807, 2.05) is 0 Å². The Morgan fingerprint density at radius 1 is 1.47 bits per heavy atom. The Morgan fingerprint density at radius 2 is 2.18 bits per heavy atom. The molecule has 0 fully saturated rings. The third-order valence-corrected chi connectivity index (χ3v) is 2.09. The van der Waals surface area contributed by atoms with E-state index in [9.17, 15) is 9.59 Å². The second-order valence-corrected chi connectivity index (χ2v) is 3.53. The number of nitrogens with one attached hydrogen (secondary N) is 2. The van der Waals surface area contributed by atoms with Crippen LogP contribution in [-0.4, -0.2) is 35.1 Å². The van der Waals surface area contributed by atoms with Gasteiger partial charge in [-0.05, 0) is 19.1 Å². The first-order valence-electron chi connectivity index (χ1n) is 4.95. The number of carbonyl (C=O) groups excluding carboxylic acids is 1. The summed E-state index contributed by atoms with van der Waals surface area (Å²) >= 11 is 5.65. The van der Waals surface area contributed by atoms with Gasteiger partial charge in [0.2, 0.25) is 5.91 Å². The Balaban J connectivity index is 2.78. The highest BCUT2D eigenvalue weighted by atomic mass is 35.5. The molecular weight excluding hydrogens is 246 g/mol.